The number of rotatable bonds is 7. The molecule has 0 bridgehead atoms. The molecule has 0 saturated heterocycles. The van der Waals surface area contributed by atoms with Crippen molar-refractivity contribution < 1.29 is 19.5 Å². The summed E-state index contributed by atoms with van der Waals surface area (Å²) in [7, 11) is 0. The van der Waals surface area contributed by atoms with Crippen molar-refractivity contribution in [1.82, 2.24) is 5.32 Å². The van der Waals surface area contributed by atoms with E-state index in [1.807, 2.05) is 0 Å². The van der Waals surface area contributed by atoms with E-state index in [1.165, 1.54) is 0 Å². The van der Waals surface area contributed by atoms with Crippen LogP contribution in [0.5, 0.6) is 0 Å². The summed E-state index contributed by atoms with van der Waals surface area (Å²) in [6.07, 6.45) is -0.465. The quantitative estimate of drug-likeness (QED) is 0.516. The number of nitrogens with two attached hydrogens (primary N) is 2. The molecule has 20 heavy (non-hydrogen) atoms. The van der Waals surface area contributed by atoms with Gasteiger partial charge in [0.05, 0.1) is 12.3 Å². The SMILES string of the molecule is NCC(C(=O)N[C@H](CC(N)=O)C(=O)O)c1ccccc1. The molecule has 0 aliphatic rings. The highest BCUT2D eigenvalue weighted by molar-refractivity contribution is 5.90. The second kappa shape index (κ2) is 7.25. The molecule has 0 spiro atoms. The summed E-state index contributed by atoms with van der Waals surface area (Å²) in [4.78, 5) is 33.8. The van der Waals surface area contributed by atoms with Gasteiger partial charge in [0, 0.05) is 6.54 Å². The molecule has 7 nitrogen and oxygen atoms in total. The maximum Gasteiger partial charge on any atom is 0.326 e. The zero-order valence-electron chi connectivity index (χ0n) is 10.8. The lowest BCUT2D eigenvalue weighted by Gasteiger charge is -2.18. The highest BCUT2D eigenvalue weighted by atomic mass is 16.4. The van der Waals surface area contributed by atoms with Crippen molar-refractivity contribution >= 4 is 17.8 Å². The third-order valence-corrected chi connectivity index (χ3v) is 2.77. The number of carbonyl (C=O) groups excluding carboxylic acids is 2. The van der Waals surface area contributed by atoms with Crippen molar-refractivity contribution in [3.05, 3.63) is 35.9 Å². The zero-order chi connectivity index (χ0) is 15.1. The maximum atomic E-state index is 12.1. The summed E-state index contributed by atoms with van der Waals surface area (Å²) in [5.41, 5.74) is 11.2. The molecule has 1 rings (SSSR count). The van der Waals surface area contributed by atoms with E-state index in [4.69, 9.17) is 16.6 Å². The molecule has 7 heteroatoms. The van der Waals surface area contributed by atoms with Gasteiger partial charge in [0.15, 0.2) is 0 Å². The van der Waals surface area contributed by atoms with Gasteiger partial charge in [0.25, 0.3) is 0 Å². The first-order valence-corrected chi connectivity index (χ1v) is 6.02. The van der Waals surface area contributed by atoms with E-state index in [0.29, 0.717) is 5.56 Å². The molecule has 2 amide bonds. The normalized spacial score (nSPS) is 13.2. The van der Waals surface area contributed by atoms with Crippen LogP contribution in [0.2, 0.25) is 0 Å². The fraction of sp³-hybridized carbons (Fsp3) is 0.308. The molecule has 1 unspecified atom stereocenters. The fourth-order valence-corrected chi connectivity index (χ4v) is 1.75. The summed E-state index contributed by atoms with van der Waals surface area (Å²) in [6, 6.07) is 7.40. The Kier molecular flexibility index (Phi) is 5.67. The van der Waals surface area contributed by atoms with Crippen LogP contribution in [0.4, 0.5) is 0 Å². The molecule has 1 aromatic carbocycles. The molecule has 0 heterocycles. The Morgan fingerprint density at radius 1 is 1.20 bits per heavy atom. The predicted octanol–water partition coefficient (Wildman–Crippen LogP) is -0.826. The van der Waals surface area contributed by atoms with Crippen LogP contribution in [0.1, 0.15) is 17.9 Å². The molecular formula is C13H17N3O4. The van der Waals surface area contributed by atoms with E-state index in [2.05, 4.69) is 5.32 Å². The van der Waals surface area contributed by atoms with Gasteiger partial charge in [0.2, 0.25) is 11.8 Å². The lowest BCUT2D eigenvalue weighted by molar-refractivity contribution is -0.143. The van der Waals surface area contributed by atoms with Gasteiger partial charge in [-0.05, 0) is 5.56 Å². The molecule has 0 aromatic heterocycles. The minimum atomic E-state index is -1.35. The number of benzene rings is 1. The van der Waals surface area contributed by atoms with Crippen molar-refractivity contribution in [2.45, 2.75) is 18.4 Å². The Hall–Kier alpha value is -2.41. The maximum absolute atomic E-state index is 12.1. The monoisotopic (exact) mass is 279 g/mol. The Morgan fingerprint density at radius 2 is 1.80 bits per heavy atom. The Balaban J connectivity index is 2.81. The fourth-order valence-electron chi connectivity index (χ4n) is 1.75. The van der Waals surface area contributed by atoms with Crippen LogP contribution in [0.3, 0.4) is 0 Å². The predicted molar refractivity (Wildman–Crippen MR) is 71.6 cm³/mol. The lowest BCUT2D eigenvalue weighted by atomic mass is 9.98. The van der Waals surface area contributed by atoms with Gasteiger partial charge in [-0.15, -0.1) is 0 Å². The Morgan fingerprint density at radius 3 is 2.25 bits per heavy atom. The van der Waals surface area contributed by atoms with Gasteiger partial charge in [-0.25, -0.2) is 4.79 Å². The van der Waals surface area contributed by atoms with Crippen LogP contribution in [0, 0.1) is 0 Å². The van der Waals surface area contributed by atoms with Crippen LogP contribution < -0.4 is 16.8 Å². The van der Waals surface area contributed by atoms with Crippen molar-refractivity contribution in [2.75, 3.05) is 6.54 Å². The largest absolute Gasteiger partial charge is 0.480 e. The van der Waals surface area contributed by atoms with Crippen molar-refractivity contribution in [2.24, 2.45) is 11.5 Å². The van der Waals surface area contributed by atoms with Gasteiger partial charge in [-0.1, -0.05) is 30.3 Å². The van der Waals surface area contributed by atoms with E-state index in [0.717, 1.165) is 0 Å². The highest BCUT2D eigenvalue weighted by Gasteiger charge is 2.26. The van der Waals surface area contributed by atoms with Crippen LogP contribution in [0.25, 0.3) is 0 Å². The molecule has 0 fully saturated rings. The number of carbonyl (C=O) groups is 3. The number of nitrogens with one attached hydrogen (secondary N) is 1. The van der Waals surface area contributed by atoms with Crippen molar-refractivity contribution in [3.63, 3.8) is 0 Å². The number of carboxylic acid groups (broad SMARTS) is 1. The highest BCUT2D eigenvalue weighted by Crippen LogP contribution is 2.14. The first kappa shape index (κ1) is 15.6. The minimum Gasteiger partial charge on any atom is -0.480 e. The zero-order valence-corrected chi connectivity index (χ0v) is 10.8. The number of primary amides is 1. The Bertz CT molecular complexity index is 490. The van der Waals surface area contributed by atoms with Gasteiger partial charge in [-0.3, -0.25) is 9.59 Å². The van der Waals surface area contributed by atoms with E-state index >= 15 is 0 Å². The molecule has 0 saturated carbocycles. The smallest absolute Gasteiger partial charge is 0.326 e. The number of amides is 2. The molecule has 108 valence electrons. The molecular weight excluding hydrogens is 262 g/mol. The Labute approximate surface area is 115 Å². The van der Waals surface area contributed by atoms with Crippen LogP contribution in [-0.2, 0) is 14.4 Å². The van der Waals surface area contributed by atoms with Crippen LogP contribution >= 0.6 is 0 Å². The van der Waals surface area contributed by atoms with E-state index in [9.17, 15) is 14.4 Å². The summed E-state index contributed by atoms with van der Waals surface area (Å²) in [5.74, 6) is -3.35. The number of carboxylic acids is 1. The standard InChI is InChI=1S/C13H17N3O4/c14-7-9(8-4-2-1-3-5-8)12(18)16-10(13(19)20)6-11(15)17/h1-5,9-10H,6-7,14H2,(H2,15,17)(H,16,18)(H,19,20)/t9?,10-/m1/s1. The number of hydrogen-bond donors (Lipinski definition) is 4. The van der Waals surface area contributed by atoms with Gasteiger partial charge in [-0.2, -0.15) is 0 Å². The topological polar surface area (TPSA) is 136 Å². The lowest BCUT2D eigenvalue weighted by Crippen LogP contribution is -2.46. The number of hydrogen-bond acceptors (Lipinski definition) is 4. The molecule has 0 aliphatic carbocycles. The molecule has 1 aromatic rings. The van der Waals surface area contributed by atoms with Crippen LogP contribution in [-0.4, -0.2) is 35.5 Å². The molecule has 0 aliphatic heterocycles. The third-order valence-electron chi connectivity index (χ3n) is 2.77. The van der Waals surface area contributed by atoms with E-state index < -0.39 is 36.2 Å². The van der Waals surface area contributed by atoms with E-state index in [-0.39, 0.29) is 6.54 Å². The molecule has 6 N–H and O–H groups in total. The number of aliphatic carboxylic acids is 1. The second-order valence-corrected chi connectivity index (χ2v) is 4.27. The van der Waals surface area contributed by atoms with Gasteiger partial charge >= 0.3 is 5.97 Å². The molecule has 2 atom stereocenters. The summed E-state index contributed by atoms with van der Waals surface area (Å²) in [5, 5.41) is 11.2. The average molecular weight is 279 g/mol. The third kappa shape index (κ3) is 4.36. The summed E-state index contributed by atoms with van der Waals surface area (Å²) >= 11 is 0. The summed E-state index contributed by atoms with van der Waals surface area (Å²) in [6.45, 7) is 0.0265. The second-order valence-electron chi connectivity index (χ2n) is 4.27. The van der Waals surface area contributed by atoms with Crippen molar-refractivity contribution in [1.29, 1.82) is 0 Å². The molecule has 0 radical (unpaired) electrons. The van der Waals surface area contributed by atoms with Gasteiger partial charge < -0.3 is 21.9 Å². The van der Waals surface area contributed by atoms with Crippen LogP contribution in [0.15, 0.2) is 30.3 Å². The minimum absolute atomic E-state index is 0.0265. The summed E-state index contributed by atoms with van der Waals surface area (Å²) < 4.78 is 0. The van der Waals surface area contributed by atoms with Gasteiger partial charge in [0.1, 0.15) is 6.04 Å². The first-order valence-electron chi connectivity index (χ1n) is 6.02. The average Bonchev–Trinajstić information content (AvgIpc) is 2.39. The first-order chi connectivity index (χ1) is 9.45. The van der Waals surface area contributed by atoms with Crippen molar-refractivity contribution in [3.8, 4) is 0 Å². The van der Waals surface area contributed by atoms with E-state index in [1.54, 1.807) is 30.3 Å².